The first-order chi connectivity index (χ1) is 44.7. The molecule has 19 nitrogen and oxygen atoms in total. The maximum Gasteiger partial charge on any atom is 0.294 e. The van der Waals surface area contributed by atoms with Gasteiger partial charge in [-0.05, 0) is 145 Å². The first-order valence-electron chi connectivity index (χ1n) is 32.7. The van der Waals surface area contributed by atoms with Crippen LogP contribution in [0.4, 0.5) is 11.4 Å². The molecule has 6 aromatic rings. The number of nitrogens with zero attached hydrogens (tertiary/aromatic N) is 7. The lowest BCUT2D eigenvalue weighted by atomic mass is 9.77. The van der Waals surface area contributed by atoms with Gasteiger partial charge in [-0.1, -0.05) is 97.8 Å². The van der Waals surface area contributed by atoms with E-state index in [1.54, 1.807) is 12.1 Å². The van der Waals surface area contributed by atoms with Gasteiger partial charge in [0.2, 0.25) is 11.6 Å². The van der Waals surface area contributed by atoms with E-state index >= 15 is 0 Å². The highest BCUT2D eigenvalue weighted by Crippen LogP contribution is 2.51. The summed E-state index contributed by atoms with van der Waals surface area (Å²) in [5.41, 5.74) is 9.28. The number of allylic oxidation sites excluding steroid dienone is 6. The number of anilines is 1. The number of unbranched alkanes of at least 4 members (excludes halogenated alkanes) is 3. The van der Waals surface area contributed by atoms with E-state index in [4.69, 9.17) is 18.9 Å². The molecule has 1 unspecified atom stereocenters. The van der Waals surface area contributed by atoms with Crippen LogP contribution in [0.15, 0.2) is 155 Å². The molecule has 3 N–H and O–H groups in total. The van der Waals surface area contributed by atoms with E-state index in [9.17, 15) is 30.7 Å². The summed E-state index contributed by atoms with van der Waals surface area (Å²) in [5.74, 6) is 2.33. The quantitative estimate of drug-likeness (QED) is 0.0148. The van der Waals surface area contributed by atoms with Gasteiger partial charge in [-0.15, -0.1) is 10.2 Å². The van der Waals surface area contributed by atoms with Crippen LogP contribution in [0.25, 0.3) is 28.2 Å². The van der Waals surface area contributed by atoms with Crippen LogP contribution in [-0.4, -0.2) is 172 Å². The van der Waals surface area contributed by atoms with Gasteiger partial charge in [0.25, 0.3) is 20.2 Å². The molecule has 3 aliphatic rings. The molecule has 0 bridgehead atoms. The third-order valence-electron chi connectivity index (χ3n) is 18.1. The van der Waals surface area contributed by atoms with E-state index in [1.165, 1.54) is 42.7 Å². The molecule has 0 saturated carbocycles. The van der Waals surface area contributed by atoms with Gasteiger partial charge in [0.05, 0.1) is 67.1 Å². The zero-order chi connectivity index (χ0) is 66.2. The molecule has 21 heteroatoms. The van der Waals surface area contributed by atoms with E-state index in [-0.39, 0.29) is 22.1 Å². The van der Waals surface area contributed by atoms with E-state index in [1.807, 2.05) is 90.1 Å². The molecule has 0 spiro atoms. The van der Waals surface area contributed by atoms with Crippen molar-refractivity contribution in [1.82, 2.24) is 29.9 Å². The fourth-order valence-corrected chi connectivity index (χ4v) is 14.0. The number of aryl methyl sites for hydroxylation is 2. The summed E-state index contributed by atoms with van der Waals surface area (Å²) < 4.78 is 96.6. The molecule has 3 aliphatic heterocycles. The number of piperazine rings is 1. The minimum absolute atomic E-state index is 0.120. The van der Waals surface area contributed by atoms with Crippen molar-refractivity contribution in [2.75, 3.05) is 110 Å². The fourth-order valence-electron chi connectivity index (χ4n) is 13.0. The molecule has 498 valence electrons. The van der Waals surface area contributed by atoms with Gasteiger partial charge in [0.15, 0.2) is 11.5 Å². The first-order valence-corrected chi connectivity index (χ1v) is 35.6. The maximum atomic E-state index is 13.1. The Morgan fingerprint density at radius 3 is 1.98 bits per heavy atom. The lowest BCUT2D eigenvalue weighted by molar-refractivity contribution is -0.433. The number of benzene rings is 5. The zero-order valence-electron chi connectivity index (χ0n) is 55.1. The number of hydrogen-bond acceptors (Lipinski definition) is 14. The fraction of sp³-hybridized carbons (Fsp3) is 0.444. The van der Waals surface area contributed by atoms with Crippen molar-refractivity contribution in [2.24, 2.45) is 0 Å². The molecule has 1 saturated heterocycles. The summed E-state index contributed by atoms with van der Waals surface area (Å²) in [6.45, 7) is 25.4. The molecule has 4 heterocycles. The van der Waals surface area contributed by atoms with Crippen molar-refractivity contribution in [2.45, 2.75) is 114 Å². The van der Waals surface area contributed by atoms with E-state index < -0.39 is 31.1 Å². The Bertz CT molecular complexity index is 3880. The lowest BCUT2D eigenvalue weighted by Gasteiger charge is -2.34. The average molecular weight is 1310 g/mol. The number of rotatable bonds is 34. The Hall–Kier alpha value is -7.18. The second-order valence-electron chi connectivity index (χ2n) is 24.7. The van der Waals surface area contributed by atoms with Gasteiger partial charge in [-0.2, -0.15) is 21.4 Å². The van der Waals surface area contributed by atoms with Gasteiger partial charge < -0.3 is 34.1 Å². The van der Waals surface area contributed by atoms with Gasteiger partial charge >= 0.3 is 0 Å². The standard InChI is InChI=1S/C72H92N8O11S2/c1-8-78-63-35-33-59(92(82,83)84)52-61(63)71(5,6)66(78)26-16-13-17-27-67-72(7,62-53-60(93(85,86)87)34-36-64(62)79(67)9-2)37-21-28-68(81)73-38-46-88-48-50-90-51-49-89-47-44-77-42-40-76(41-43-77)39-18-10-11-19-45-91-65-25-20-22-54(3)69(65)80-55(4)74-75-70(80)58-31-29-57(30-32-58)56-23-14-12-15-24-56/h12-17,20,22-27,29-36,52-53H,8-11,18-19,21,28,37-51H2,1-7H3,(H2-,73,81,82,83,84,85,86,87)/p+1. The van der Waals surface area contributed by atoms with Crippen molar-refractivity contribution in [3.05, 3.63) is 168 Å². The highest BCUT2D eigenvalue weighted by Gasteiger charge is 2.45. The third kappa shape index (κ3) is 17.6. The molecule has 0 radical (unpaired) electrons. The van der Waals surface area contributed by atoms with Crippen molar-refractivity contribution < 1.29 is 54.3 Å². The maximum absolute atomic E-state index is 13.1. The molecule has 5 aromatic carbocycles. The van der Waals surface area contributed by atoms with E-state index in [0.29, 0.717) is 78.7 Å². The number of para-hydroxylation sites is 1. The SMILES string of the molecule is CCN1\C(=C/C=C/C=C/C2=[N+](CC)c3ccc(S(=O)(=O)O)cc3C2(C)C)C(C)(CCCC(=O)NCCOCCOCCOCCN2CCN(CCCCCCOc3cccc(C)c3-n3c(C)nnc3-c3ccc(-c4ccccc4)cc3)CC2)c2cc(S(=O)(=O)O)ccc21. The number of carbonyl (C=O) groups excluding carboxylic acids is 1. The Balaban J connectivity index is 0.615. The minimum atomic E-state index is -4.48. The van der Waals surface area contributed by atoms with Crippen LogP contribution < -0.4 is 15.0 Å². The van der Waals surface area contributed by atoms with Crippen molar-refractivity contribution >= 4 is 43.2 Å². The molecule has 1 fully saturated rings. The van der Waals surface area contributed by atoms with Crippen LogP contribution in [0.1, 0.15) is 102 Å². The van der Waals surface area contributed by atoms with E-state index in [0.717, 1.165) is 126 Å². The van der Waals surface area contributed by atoms with Crippen molar-refractivity contribution in [1.29, 1.82) is 0 Å². The van der Waals surface area contributed by atoms with Gasteiger partial charge in [0.1, 0.15) is 18.1 Å². The number of fused-ring (bicyclic) bond motifs is 2. The summed E-state index contributed by atoms with van der Waals surface area (Å²) >= 11 is 0. The Labute approximate surface area is 550 Å². The van der Waals surface area contributed by atoms with Crippen molar-refractivity contribution in [3.63, 3.8) is 0 Å². The topological polar surface area (TPSA) is 218 Å². The molecule has 0 aliphatic carbocycles. The predicted octanol–water partition coefficient (Wildman–Crippen LogP) is 11.5. The van der Waals surface area contributed by atoms with Gasteiger partial charge in [0, 0.05) is 92.3 Å². The minimum Gasteiger partial charge on any atom is -0.491 e. The molecular weight excluding hydrogens is 1220 g/mol. The van der Waals surface area contributed by atoms with E-state index in [2.05, 4.69) is 101 Å². The molecule has 1 amide bonds. The third-order valence-corrected chi connectivity index (χ3v) is 19.8. The first kappa shape index (κ1) is 70.1. The monoisotopic (exact) mass is 1310 g/mol. The number of amides is 1. The summed E-state index contributed by atoms with van der Waals surface area (Å²) in [5, 5.41) is 12.1. The number of nitrogens with one attached hydrogen (secondary N) is 1. The molecule has 1 aromatic heterocycles. The average Bonchev–Trinajstić information content (AvgIpc) is 1.60. The zero-order valence-corrected chi connectivity index (χ0v) is 56.7. The Kier molecular flexibility index (Phi) is 24.4. The molecular formula is C72H93N8O11S2+. The second-order valence-corrected chi connectivity index (χ2v) is 27.5. The van der Waals surface area contributed by atoms with Crippen LogP contribution in [0.2, 0.25) is 0 Å². The normalized spacial score (nSPS) is 17.3. The number of likely N-dealkylation sites (N-methyl/N-ethyl adjacent to an activating group) is 1. The summed E-state index contributed by atoms with van der Waals surface area (Å²) in [6.07, 6.45) is 15.5. The number of aromatic nitrogens is 3. The lowest BCUT2D eigenvalue weighted by Crippen LogP contribution is -2.47. The van der Waals surface area contributed by atoms with Crippen LogP contribution >= 0.6 is 0 Å². The number of ether oxygens (including phenoxy) is 4. The molecule has 93 heavy (non-hydrogen) atoms. The van der Waals surface area contributed by atoms with Crippen LogP contribution in [-0.2, 0) is 50.1 Å². The van der Waals surface area contributed by atoms with Crippen molar-refractivity contribution in [3.8, 4) is 34.0 Å². The largest absolute Gasteiger partial charge is 0.491 e. The van der Waals surface area contributed by atoms with Crippen LogP contribution in [0.3, 0.4) is 0 Å². The van der Waals surface area contributed by atoms with Gasteiger partial charge in [-0.3, -0.25) is 23.4 Å². The number of carbonyl (C=O) groups is 1. The molecule has 9 rings (SSSR count). The number of hydrogen-bond donors (Lipinski definition) is 3. The summed E-state index contributed by atoms with van der Waals surface area (Å²) in [4.78, 5) is 19.9. The highest BCUT2D eigenvalue weighted by molar-refractivity contribution is 7.86. The summed E-state index contributed by atoms with van der Waals surface area (Å²) in [7, 11) is -8.86. The molecule has 1 atom stereocenters. The van der Waals surface area contributed by atoms with Crippen LogP contribution in [0, 0.1) is 13.8 Å². The van der Waals surface area contributed by atoms with Gasteiger partial charge in [-0.25, -0.2) is 0 Å². The Morgan fingerprint density at radius 2 is 1.29 bits per heavy atom. The smallest absolute Gasteiger partial charge is 0.294 e. The Morgan fingerprint density at radius 1 is 0.656 bits per heavy atom. The summed E-state index contributed by atoms with van der Waals surface area (Å²) in [6, 6.07) is 34.4. The predicted molar refractivity (Wildman–Crippen MR) is 366 cm³/mol. The highest BCUT2D eigenvalue weighted by atomic mass is 32.2. The van der Waals surface area contributed by atoms with Crippen LogP contribution in [0.5, 0.6) is 5.75 Å². The second kappa shape index (κ2) is 32.3.